The van der Waals surface area contributed by atoms with Gasteiger partial charge < -0.3 is 5.32 Å². The van der Waals surface area contributed by atoms with E-state index in [4.69, 9.17) is 23.2 Å². The van der Waals surface area contributed by atoms with Crippen LogP contribution in [-0.2, 0) is 0 Å². The van der Waals surface area contributed by atoms with Crippen LogP contribution in [0.25, 0.3) is 0 Å². The number of Topliss-reactive ketones (excluding diaryl/α,β-unsaturated/α-hetero) is 1. The maximum absolute atomic E-state index is 11.4. The van der Waals surface area contributed by atoms with Gasteiger partial charge in [-0.3, -0.25) is 4.79 Å². The molecular formula is C9H7Cl2NO. The molecule has 1 heterocycles. The molecule has 13 heavy (non-hydrogen) atoms. The van der Waals surface area contributed by atoms with Crippen LogP contribution in [0.1, 0.15) is 16.8 Å². The van der Waals surface area contributed by atoms with Crippen molar-refractivity contribution in [2.45, 2.75) is 6.42 Å². The summed E-state index contributed by atoms with van der Waals surface area (Å²) in [6.45, 7) is 0.646. The van der Waals surface area contributed by atoms with Crippen molar-refractivity contribution in [1.82, 2.24) is 0 Å². The third-order valence-corrected chi connectivity index (χ3v) is 2.53. The van der Waals surface area contributed by atoms with Crippen molar-refractivity contribution in [3.63, 3.8) is 0 Å². The van der Waals surface area contributed by atoms with Gasteiger partial charge >= 0.3 is 0 Å². The van der Waals surface area contributed by atoms with E-state index in [1.807, 2.05) is 0 Å². The molecule has 1 aromatic rings. The molecule has 4 heteroatoms. The lowest BCUT2D eigenvalue weighted by molar-refractivity contribution is 0.0984. The lowest BCUT2D eigenvalue weighted by atomic mass is 10.0. The van der Waals surface area contributed by atoms with Crippen LogP contribution in [0.15, 0.2) is 12.1 Å². The van der Waals surface area contributed by atoms with Gasteiger partial charge in [0.2, 0.25) is 0 Å². The molecule has 0 spiro atoms. The van der Waals surface area contributed by atoms with E-state index in [2.05, 4.69) is 5.32 Å². The molecule has 0 saturated carbocycles. The number of fused-ring (bicyclic) bond motifs is 1. The van der Waals surface area contributed by atoms with Crippen molar-refractivity contribution in [2.75, 3.05) is 11.9 Å². The summed E-state index contributed by atoms with van der Waals surface area (Å²) in [5.41, 5.74) is 1.31. The van der Waals surface area contributed by atoms with Crippen molar-refractivity contribution in [2.24, 2.45) is 0 Å². The van der Waals surface area contributed by atoms with Crippen molar-refractivity contribution in [1.29, 1.82) is 0 Å². The fraction of sp³-hybridized carbons (Fsp3) is 0.222. The second kappa shape index (κ2) is 3.20. The molecule has 0 aliphatic carbocycles. The van der Waals surface area contributed by atoms with Crippen molar-refractivity contribution in [3.05, 3.63) is 27.7 Å². The highest BCUT2D eigenvalue weighted by molar-refractivity contribution is 6.37. The Morgan fingerprint density at radius 3 is 2.85 bits per heavy atom. The minimum atomic E-state index is 0.0955. The number of carbonyl (C=O) groups is 1. The first-order valence-corrected chi connectivity index (χ1v) is 4.70. The highest BCUT2D eigenvalue weighted by Crippen LogP contribution is 2.32. The zero-order valence-corrected chi connectivity index (χ0v) is 8.24. The third kappa shape index (κ3) is 1.52. The first kappa shape index (κ1) is 8.85. The van der Waals surface area contributed by atoms with E-state index in [1.54, 1.807) is 12.1 Å². The maximum Gasteiger partial charge on any atom is 0.166 e. The van der Waals surface area contributed by atoms with Gasteiger partial charge in [0, 0.05) is 23.6 Å². The Morgan fingerprint density at radius 1 is 1.31 bits per heavy atom. The standard InChI is InChI=1S/C9H7Cl2NO/c10-5-3-6-8(13)1-2-12-9(6)7(11)4-5/h3-4,12H,1-2H2. The number of benzene rings is 1. The number of rotatable bonds is 0. The number of nitrogens with one attached hydrogen (secondary N) is 1. The Kier molecular flexibility index (Phi) is 2.18. The van der Waals surface area contributed by atoms with Gasteiger partial charge in [-0.05, 0) is 12.1 Å². The largest absolute Gasteiger partial charge is 0.383 e. The van der Waals surface area contributed by atoms with E-state index < -0.39 is 0 Å². The summed E-state index contributed by atoms with van der Waals surface area (Å²) in [5.74, 6) is 0.0955. The number of halogens is 2. The van der Waals surface area contributed by atoms with Crippen LogP contribution in [0.4, 0.5) is 5.69 Å². The summed E-state index contributed by atoms with van der Waals surface area (Å²) in [6.07, 6.45) is 0.504. The van der Waals surface area contributed by atoms with Gasteiger partial charge in [0.25, 0.3) is 0 Å². The van der Waals surface area contributed by atoms with Gasteiger partial charge in [0.15, 0.2) is 5.78 Å². The molecule has 0 amide bonds. The summed E-state index contributed by atoms with van der Waals surface area (Å²) in [6, 6.07) is 3.28. The second-order valence-corrected chi connectivity index (χ2v) is 3.75. The number of hydrogen-bond acceptors (Lipinski definition) is 2. The van der Waals surface area contributed by atoms with E-state index in [9.17, 15) is 4.79 Å². The van der Waals surface area contributed by atoms with E-state index in [0.29, 0.717) is 34.3 Å². The Bertz CT molecular complexity index is 376. The van der Waals surface area contributed by atoms with Crippen LogP contribution in [0.2, 0.25) is 10.0 Å². The Morgan fingerprint density at radius 2 is 2.08 bits per heavy atom. The maximum atomic E-state index is 11.4. The highest BCUT2D eigenvalue weighted by atomic mass is 35.5. The summed E-state index contributed by atoms with van der Waals surface area (Å²) in [4.78, 5) is 11.4. The number of hydrogen-bond donors (Lipinski definition) is 1. The van der Waals surface area contributed by atoms with Gasteiger partial charge in [-0.15, -0.1) is 0 Å². The van der Waals surface area contributed by atoms with Crippen LogP contribution >= 0.6 is 23.2 Å². The van der Waals surface area contributed by atoms with E-state index >= 15 is 0 Å². The molecule has 0 radical (unpaired) electrons. The normalized spacial score (nSPS) is 15.1. The molecule has 2 rings (SSSR count). The lowest BCUT2D eigenvalue weighted by Crippen LogP contribution is -2.18. The van der Waals surface area contributed by atoms with Crippen molar-refractivity contribution >= 4 is 34.7 Å². The zero-order chi connectivity index (χ0) is 9.42. The summed E-state index contributed by atoms with van der Waals surface area (Å²) in [7, 11) is 0. The van der Waals surface area contributed by atoms with Gasteiger partial charge in [0.05, 0.1) is 10.7 Å². The van der Waals surface area contributed by atoms with Gasteiger partial charge in [-0.2, -0.15) is 0 Å². The first-order chi connectivity index (χ1) is 6.18. The average Bonchev–Trinajstić information content (AvgIpc) is 2.07. The van der Waals surface area contributed by atoms with Gasteiger partial charge in [-0.25, -0.2) is 0 Å². The molecule has 0 saturated heterocycles. The molecule has 0 fully saturated rings. The predicted molar refractivity (Wildman–Crippen MR) is 53.9 cm³/mol. The molecule has 0 atom stereocenters. The summed E-state index contributed by atoms with van der Waals surface area (Å²) in [5, 5.41) is 4.09. The molecule has 68 valence electrons. The average molecular weight is 216 g/mol. The Labute approximate surface area is 85.8 Å². The van der Waals surface area contributed by atoms with Crippen LogP contribution < -0.4 is 5.32 Å². The Balaban J connectivity index is 2.63. The van der Waals surface area contributed by atoms with Crippen LogP contribution in [-0.4, -0.2) is 12.3 Å². The number of carbonyl (C=O) groups excluding carboxylic acids is 1. The molecule has 1 aliphatic rings. The predicted octanol–water partition coefficient (Wildman–Crippen LogP) is 2.99. The lowest BCUT2D eigenvalue weighted by Gasteiger charge is -2.18. The molecule has 1 aliphatic heterocycles. The Hall–Kier alpha value is -0.730. The van der Waals surface area contributed by atoms with Crippen LogP contribution in [0.3, 0.4) is 0 Å². The summed E-state index contributed by atoms with van der Waals surface area (Å²) < 4.78 is 0. The zero-order valence-electron chi connectivity index (χ0n) is 6.73. The number of ketones is 1. The van der Waals surface area contributed by atoms with Gasteiger partial charge in [0.1, 0.15) is 0 Å². The van der Waals surface area contributed by atoms with Crippen molar-refractivity contribution in [3.8, 4) is 0 Å². The first-order valence-electron chi connectivity index (χ1n) is 3.94. The van der Waals surface area contributed by atoms with Crippen LogP contribution in [0, 0.1) is 0 Å². The van der Waals surface area contributed by atoms with E-state index in [-0.39, 0.29) is 5.78 Å². The monoisotopic (exact) mass is 215 g/mol. The van der Waals surface area contributed by atoms with Gasteiger partial charge in [-0.1, -0.05) is 23.2 Å². The molecular weight excluding hydrogens is 209 g/mol. The van der Waals surface area contributed by atoms with E-state index in [1.165, 1.54) is 0 Å². The number of anilines is 1. The molecule has 0 aromatic heterocycles. The fourth-order valence-corrected chi connectivity index (χ4v) is 1.97. The van der Waals surface area contributed by atoms with Crippen molar-refractivity contribution < 1.29 is 4.79 Å². The third-order valence-electron chi connectivity index (χ3n) is 2.01. The highest BCUT2D eigenvalue weighted by Gasteiger charge is 2.19. The summed E-state index contributed by atoms with van der Waals surface area (Å²) >= 11 is 11.7. The molecule has 0 bridgehead atoms. The molecule has 2 nitrogen and oxygen atoms in total. The fourth-order valence-electron chi connectivity index (χ4n) is 1.41. The second-order valence-electron chi connectivity index (χ2n) is 2.91. The molecule has 1 aromatic carbocycles. The van der Waals surface area contributed by atoms with Crippen LogP contribution in [0.5, 0.6) is 0 Å². The minimum Gasteiger partial charge on any atom is -0.383 e. The minimum absolute atomic E-state index is 0.0955. The molecule has 1 N–H and O–H groups in total. The quantitative estimate of drug-likeness (QED) is 0.722. The SMILES string of the molecule is O=C1CCNc2c(Cl)cc(Cl)cc21. The van der Waals surface area contributed by atoms with E-state index in [0.717, 1.165) is 0 Å². The molecule has 0 unspecified atom stereocenters. The topological polar surface area (TPSA) is 29.1 Å². The smallest absolute Gasteiger partial charge is 0.166 e.